The van der Waals surface area contributed by atoms with E-state index in [1.54, 1.807) is 20.3 Å². The van der Waals surface area contributed by atoms with Gasteiger partial charge in [0.15, 0.2) is 6.29 Å². The zero-order valence-corrected chi connectivity index (χ0v) is 13.6. The van der Waals surface area contributed by atoms with Gasteiger partial charge in [0.1, 0.15) is 23.2 Å². The van der Waals surface area contributed by atoms with Crippen molar-refractivity contribution in [3.8, 4) is 11.5 Å². The molecule has 2 aliphatic heterocycles. The summed E-state index contributed by atoms with van der Waals surface area (Å²) in [6, 6.07) is 3.74. The number of fused-ring (bicyclic) bond motifs is 1. The van der Waals surface area contributed by atoms with E-state index in [9.17, 15) is 5.11 Å². The lowest BCUT2D eigenvalue weighted by Crippen LogP contribution is -2.52. The largest absolute Gasteiger partial charge is 0.508 e. The van der Waals surface area contributed by atoms with E-state index in [-0.39, 0.29) is 18.5 Å². The number of hydrogen-bond donors (Lipinski definition) is 1. The molecule has 1 N–H and O–H groups in total. The van der Waals surface area contributed by atoms with Gasteiger partial charge < -0.3 is 24.1 Å². The van der Waals surface area contributed by atoms with Crippen LogP contribution in [0.4, 0.5) is 0 Å². The van der Waals surface area contributed by atoms with Crippen LogP contribution in [0.15, 0.2) is 12.1 Å². The molecule has 1 aromatic rings. The third-order valence-electron chi connectivity index (χ3n) is 4.77. The molecule has 0 aromatic heterocycles. The Kier molecular flexibility index (Phi) is 4.05. The van der Waals surface area contributed by atoms with E-state index < -0.39 is 5.60 Å². The first-order chi connectivity index (χ1) is 10.5. The number of aromatic hydroxyl groups is 1. The van der Waals surface area contributed by atoms with Crippen LogP contribution in [0.3, 0.4) is 0 Å². The minimum atomic E-state index is -0.499. The van der Waals surface area contributed by atoms with Crippen LogP contribution in [-0.2, 0) is 20.6 Å². The molecular weight excluding hydrogens is 284 g/mol. The van der Waals surface area contributed by atoms with Gasteiger partial charge in [-0.15, -0.1) is 0 Å². The van der Waals surface area contributed by atoms with E-state index in [2.05, 4.69) is 0 Å². The molecule has 4 atom stereocenters. The first kappa shape index (κ1) is 15.6. The van der Waals surface area contributed by atoms with E-state index in [1.165, 1.54) is 0 Å². The molecule has 1 aromatic carbocycles. The maximum absolute atomic E-state index is 10.1. The number of ether oxygens (including phenoxy) is 4. The highest BCUT2D eigenvalue weighted by Gasteiger charge is 2.50. The number of phenols is 1. The number of benzene rings is 1. The Bertz CT molecular complexity index is 558. The lowest BCUT2D eigenvalue weighted by Gasteiger charge is -2.41. The smallest absolute Gasteiger partial charge is 0.160 e. The summed E-state index contributed by atoms with van der Waals surface area (Å²) in [4.78, 5) is 0. The normalized spacial score (nSPS) is 34.3. The maximum Gasteiger partial charge on any atom is 0.160 e. The molecule has 122 valence electrons. The Hall–Kier alpha value is -1.30. The van der Waals surface area contributed by atoms with Crippen molar-refractivity contribution < 1.29 is 24.1 Å². The van der Waals surface area contributed by atoms with Gasteiger partial charge in [0.2, 0.25) is 0 Å². The summed E-state index contributed by atoms with van der Waals surface area (Å²) in [5.74, 6) is 1.05. The summed E-state index contributed by atoms with van der Waals surface area (Å²) >= 11 is 0. The zero-order chi connectivity index (χ0) is 15.9. The molecule has 3 rings (SSSR count). The van der Waals surface area contributed by atoms with Gasteiger partial charge in [-0.1, -0.05) is 0 Å². The molecule has 5 nitrogen and oxygen atoms in total. The molecule has 2 aliphatic rings. The van der Waals surface area contributed by atoms with Crippen LogP contribution in [0.25, 0.3) is 0 Å². The van der Waals surface area contributed by atoms with Crippen LogP contribution >= 0.6 is 0 Å². The van der Waals surface area contributed by atoms with Gasteiger partial charge in [-0.05, 0) is 44.4 Å². The fourth-order valence-electron chi connectivity index (χ4n) is 3.51. The molecule has 5 heteroatoms. The van der Waals surface area contributed by atoms with Crippen LogP contribution < -0.4 is 4.74 Å². The third-order valence-corrected chi connectivity index (χ3v) is 4.77. The van der Waals surface area contributed by atoms with E-state index in [4.69, 9.17) is 18.9 Å². The summed E-state index contributed by atoms with van der Waals surface area (Å²) in [7, 11) is 3.33. The van der Waals surface area contributed by atoms with Crippen LogP contribution in [0.5, 0.6) is 11.5 Å². The highest BCUT2D eigenvalue weighted by Crippen LogP contribution is 2.43. The summed E-state index contributed by atoms with van der Waals surface area (Å²) in [6.07, 6.45) is 1.70. The molecule has 1 fully saturated rings. The number of hydrogen-bond acceptors (Lipinski definition) is 5. The topological polar surface area (TPSA) is 57.2 Å². The van der Waals surface area contributed by atoms with Gasteiger partial charge in [-0.2, -0.15) is 0 Å². The summed E-state index contributed by atoms with van der Waals surface area (Å²) in [5, 5.41) is 10.1. The highest BCUT2D eigenvalue weighted by molar-refractivity contribution is 5.48. The van der Waals surface area contributed by atoms with Gasteiger partial charge in [-0.25, -0.2) is 0 Å². The predicted molar refractivity (Wildman–Crippen MR) is 81.3 cm³/mol. The number of methoxy groups -OCH3 is 2. The average molecular weight is 308 g/mol. The Morgan fingerprint density at radius 1 is 1.27 bits per heavy atom. The highest BCUT2D eigenvalue weighted by atomic mass is 16.7. The monoisotopic (exact) mass is 308 g/mol. The van der Waals surface area contributed by atoms with Crippen LogP contribution in [0.1, 0.15) is 30.9 Å². The van der Waals surface area contributed by atoms with E-state index in [1.807, 2.05) is 19.9 Å². The third kappa shape index (κ3) is 2.57. The molecule has 0 bridgehead atoms. The van der Waals surface area contributed by atoms with E-state index in [0.29, 0.717) is 12.2 Å². The van der Waals surface area contributed by atoms with Crippen molar-refractivity contribution >= 4 is 0 Å². The fourth-order valence-corrected chi connectivity index (χ4v) is 3.51. The molecule has 0 unspecified atom stereocenters. The van der Waals surface area contributed by atoms with Gasteiger partial charge >= 0.3 is 0 Å². The molecule has 0 amide bonds. The quantitative estimate of drug-likeness (QED) is 0.930. The van der Waals surface area contributed by atoms with Crippen LogP contribution in [0, 0.1) is 6.92 Å². The molecular formula is C17H24O5. The lowest BCUT2D eigenvalue weighted by atomic mass is 9.85. The molecule has 0 aliphatic carbocycles. The van der Waals surface area contributed by atoms with Gasteiger partial charge in [0, 0.05) is 26.2 Å². The minimum Gasteiger partial charge on any atom is -0.508 e. The summed E-state index contributed by atoms with van der Waals surface area (Å²) in [5.41, 5.74) is 1.35. The Labute approximate surface area is 131 Å². The minimum absolute atomic E-state index is 0.0603. The summed E-state index contributed by atoms with van der Waals surface area (Å²) in [6.45, 7) is 3.99. The Balaban J connectivity index is 1.88. The Morgan fingerprint density at radius 3 is 2.73 bits per heavy atom. The number of phenolic OH excluding ortho intramolecular Hbond substituents is 1. The molecule has 22 heavy (non-hydrogen) atoms. The van der Waals surface area contributed by atoms with Crippen LogP contribution in [0.2, 0.25) is 0 Å². The van der Waals surface area contributed by atoms with Crippen molar-refractivity contribution in [3.05, 3.63) is 23.3 Å². The molecule has 0 saturated carbocycles. The number of rotatable bonds is 3. The van der Waals surface area contributed by atoms with E-state index in [0.717, 1.165) is 29.7 Å². The molecule has 2 heterocycles. The van der Waals surface area contributed by atoms with Gasteiger partial charge in [-0.3, -0.25) is 0 Å². The van der Waals surface area contributed by atoms with E-state index >= 15 is 0 Å². The second kappa shape index (κ2) is 5.72. The van der Waals surface area contributed by atoms with Crippen molar-refractivity contribution in [1.82, 2.24) is 0 Å². The van der Waals surface area contributed by atoms with Crippen molar-refractivity contribution in [1.29, 1.82) is 0 Å². The van der Waals surface area contributed by atoms with Gasteiger partial charge in [0.25, 0.3) is 0 Å². The second-order valence-corrected chi connectivity index (χ2v) is 6.41. The first-order valence-corrected chi connectivity index (χ1v) is 7.69. The van der Waals surface area contributed by atoms with Crippen molar-refractivity contribution in [2.24, 2.45) is 0 Å². The van der Waals surface area contributed by atoms with Crippen molar-refractivity contribution in [3.63, 3.8) is 0 Å². The first-order valence-electron chi connectivity index (χ1n) is 7.69. The van der Waals surface area contributed by atoms with Crippen molar-refractivity contribution in [2.75, 3.05) is 14.2 Å². The fraction of sp³-hybridized carbons (Fsp3) is 0.647. The second-order valence-electron chi connectivity index (χ2n) is 6.41. The molecule has 1 saturated heterocycles. The van der Waals surface area contributed by atoms with Crippen molar-refractivity contribution in [2.45, 2.75) is 57.2 Å². The zero-order valence-electron chi connectivity index (χ0n) is 13.6. The maximum atomic E-state index is 10.1. The predicted octanol–water partition coefficient (Wildman–Crippen LogP) is 2.56. The molecule has 0 radical (unpaired) electrons. The lowest BCUT2D eigenvalue weighted by molar-refractivity contribution is -0.171. The Morgan fingerprint density at radius 2 is 2.05 bits per heavy atom. The SMILES string of the molecule is CO[C@@H]1C[C@H](OC)[C@H]([C@@]2(C)CCc3c(O)cc(C)cc3O2)O1. The summed E-state index contributed by atoms with van der Waals surface area (Å²) < 4.78 is 23.2. The standard InChI is InChI=1S/C17H24O5/c1-10-7-12(18)11-5-6-17(2,22-13(11)8-10)16-14(19-3)9-15(20-4)21-16/h7-8,14-16,18H,5-6,9H2,1-4H3/t14-,15-,16+,17+/m0/s1. The van der Waals surface area contributed by atoms with Gasteiger partial charge in [0.05, 0.1) is 6.10 Å². The number of aryl methyl sites for hydroxylation is 1. The average Bonchev–Trinajstić information content (AvgIpc) is 2.90. The molecule has 0 spiro atoms. The van der Waals surface area contributed by atoms with Crippen LogP contribution in [-0.4, -0.2) is 43.4 Å².